The molecule has 2 aromatic carbocycles. The minimum Gasteiger partial charge on any atom is -0.255 e. The first-order valence-electron chi connectivity index (χ1n) is 18.0. The van der Waals surface area contributed by atoms with E-state index >= 15 is 0 Å². The maximum absolute atomic E-state index is 5.15. The zero-order valence-electron chi connectivity index (χ0n) is 28.6. The summed E-state index contributed by atoms with van der Waals surface area (Å²) in [6.07, 6.45) is 29.5. The first-order valence-corrected chi connectivity index (χ1v) is 18.0. The molecule has 0 fully saturated rings. The molecule has 0 spiro atoms. The van der Waals surface area contributed by atoms with Gasteiger partial charge in [0.1, 0.15) is 0 Å². The van der Waals surface area contributed by atoms with Gasteiger partial charge in [0.2, 0.25) is 0 Å². The Morgan fingerprint density at radius 3 is 1.19 bits per heavy atom. The van der Waals surface area contributed by atoms with E-state index in [2.05, 4.69) is 71.0 Å². The minimum atomic E-state index is 0. The molecular formula is C40H64N2Ni. The predicted molar refractivity (Wildman–Crippen MR) is 190 cm³/mol. The van der Waals surface area contributed by atoms with Crippen LogP contribution >= 0.6 is 0 Å². The minimum absolute atomic E-state index is 0. The molecule has 0 saturated heterocycles. The van der Waals surface area contributed by atoms with Crippen LogP contribution in [0.25, 0.3) is 0 Å². The Kier molecular flexibility index (Phi) is 23.4. The molecule has 0 aromatic heterocycles. The van der Waals surface area contributed by atoms with E-state index in [1.807, 2.05) is 6.21 Å². The Morgan fingerprint density at radius 2 is 0.814 bits per heavy atom. The van der Waals surface area contributed by atoms with Gasteiger partial charge in [-0.25, -0.2) is 0 Å². The van der Waals surface area contributed by atoms with Crippen LogP contribution in [0.4, 0.5) is 11.4 Å². The van der Waals surface area contributed by atoms with E-state index < -0.39 is 0 Å². The number of rotatable bonds is 24. The van der Waals surface area contributed by atoms with Crippen molar-refractivity contribution in [3.05, 3.63) is 58.7 Å². The quantitative estimate of drug-likeness (QED) is 0.0626. The molecule has 0 heterocycles. The maximum atomic E-state index is 5.15. The van der Waals surface area contributed by atoms with E-state index in [-0.39, 0.29) is 16.5 Å². The molecule has 0 bridgehead atoms. The zero-order valence-corrected chi connectivity index (χ0v) is 29.6. The molecule has 2 nitrogen and oxygen atoms in total. The fraction of sp³-hybridized carbons (Fsp3) is 0.650. The average Bonchev–Trinajstić information content (AvgIpc) is 3.02. The number of nitrogens with zero attached hydrogens (tertiary/aromatic N) is 2. The Balaban J connectivity index is 0.00000924. The van der Waals surface area contributed by atoms with Crippen molar-refractivity contribution in [1.29, 1.82) is 0 Å². The van der Waals surface area contributed by atoms with Gasteiger partial charge >= 0.3 is 0 Å². The Hall–Kier alpha value is -1.73. The van der Waals surface area contributed by atoms with Gasteiger partial charge in [0.15, 0.2) is 0 Å². The molecule has 2 rings (SSSR count). The van der Waals surface area contributed by atoms with Crippen LogP contribution in [-0.4, -0.2) is 11.9 Å². The van der Waals surface area contributed by atoms with Crippen molar-refractivity contribution in [2.24, 2.45) is 9.98 Å². The molecule has 244 valence electrons. The number of benzene rings is 2. The van der Waals surface area contributed by atoms with E-state index in [0.29, 0.717) is 0 Å². The van der Waals surface area contributed by atoms with Gasteiger partial charge in [-0.3, -0.25) is 9.98 Å². The third-order valence-corrected chi connectivity index (χ3v) is 8.63. The van der Waals surface area contributed by atoms with Crippen LogP contribution in [0.15, 0.2) is 46.4 Å². The topological polar surface area (TPSA) is 24.7 Å². The number of unbranched alkanes of at least 4 members (excludes halogenated alkanes) is 15. The summed E-state index contributed by atoms with van der Waals surface area (Å²) in [6.45, 7) is 11.2. The van der Waals surface area contributed by atoms with Crippen LogP contribution < -0.4 is 0 Å². The molecule has 0 N–H and O–H groups in total. The Labute approximate surface area is 277 Å². The standard InChI is InChI=1S/C40H64N2.Ni/c1-6-11-12-13-14-15-16-17-18-19-20-21-22-23-24-25-26-38(42-40-31-36(9-4)28-37(10-5)32-40)33-41-39-29-34(7-2)27-35(8-3)30-39;/h27-33H,6-26H2,1-5H3;/b41-33+,42-38+;. The molecule has 0 aliphatic heterocycles. The van der Waals surface area contributed by atoms with Gasteiger partial charge in [-0.1, -0.05) is 143 Å². The summed E-state index contributed by atoms with van der Waals surface area (Å²) in [6, 6.07) is 13.6. The van der Waals surface area contributed by atoms with Crippen molar-refractivity contribution in [3.8, 4) is 0 Å². The molecule has 0 aliphatic carbocycles. The third-order valence-electron chi connectivity index (χ3n) is 8.63. The summed E-state index contributed by atoms with van der Waals surface area (Å²) in [5.74, 6) is 0. The molecule has 0 atom stereocenters. The zero-order chi connectivity index (χ0) is 30.3. The van der Waals surface area contributed by atoms with E-state index in [0.717, 1.165) is 49.2 Å². The van der Waals surface area contributed by atoms with Gasteiger partial charge < -0.3 is 0 Å². The summed E-state index contributed by atoms with van der Waals surface area (Å²) >= 11 is 0. The summed E-state index contributed by atoms with van der Waals surface area (Å²) in [7, 11) is 0. The molecule has 2 aromatic rings. The van der Waals surface area contributed by atoms with Gasteiger partial charge in [-0.2, -0.15) is 0 Å². The summed E-state index contributed by atoms with van der Waals surface area (Å²) < 4.78 is 0. The first kappa shape index (κ1) is 39.3. The smallest absolute Gasteiger partial charge is 0.0639 e. The van der Waals surface area contributed by atoms with Crippen molar-refractivity contribution in [3.63, 3.8) is 0 Å². The van der Waals surface area contributed by atoms with Crippen LogP contribution in [0.3, 0.4) is 0 Å². The third kappa shape index (κ3) is 18.0. The maximum Gasteiger partial charge on any atom is 0.0639 e. The fourth-order valence-electron chi connectivity index (χ4n) is 5.76. The van der Waals surface area contributed by atoms with Gasteiger partial charge in [0, 0.05) is 22.7 Å². The second-order valence-corrected chi connectivity index (χ2v) is 12.3. The van der Waals surface area contributed by atoms with E-state index in [1.165, 1.54) is 125 Å². The fourth-order valence-corrected chi connectivity index (χ4v) is 5.76. The molecule has 0 radical (unpaired) electrons. The van der Waals surface area contributed by atoms with Crippen LogP contribution in [0.2, 0.25) is 0 Å². The molecule has 0 unspecified atom stereocenters. The largest absolute Gasteiger partial charge is 0.255 e. The van der Waals surface area contributed by atoms with E-state index in [9.17, 15) is 0 Å². The van der Waals surface area contributed by atoms with Crippen molar-refractivity contribution in [2.45, 2.75) is 169 Å². The number of aryl methyl sites for hydroxylation is 4. The summed E-state index contributed by atoms with van der Waals surface area (Å²) in [5, 5.41) is 0. The van der Waals surface area contributed by atoms with E-state index in [1.54, 1.807) is 0 Å². The van der Waals surface area contributed by atoms with Crippen LogP contribution in [-0.2, 0) is 42.2 Å². The normalized spacial score (nSPS) is 11.8. The van der Waals surface area contributed by atoms with Crippen LogP contribution in [0, 0.1) is 0 Å². The molecule has 0 saturated carbocycles. The van der Waals surface area contributed by atoms with Crippen molar-refractivity contribution in [2.75, 3.05) is 0 Å². The number of aliphatic imine (C=N–C) groups is 2. The number of hydrogen-bond donors (Lipinski definition) is 0. The second kappa shape index (κ2) is 25.6. The van der Waals surface area contributed by atoms with Gasteiger partial charge in [0.25, 0.3) is 0 Å². The Morgan fingerprint density at radius 1 is 0.465 bits per heavy atom. The average molecular weight is 632 g/mol. The molecule has 0 aliphatic rings. The van der Waals surface area contributed by atoms with Crippen LogP contribution in [0.1, 0.15) is 166 Å². The molecule has 3 heteroatoms. The molecular weight excluding hydrogens is 567 g/mol. The van der Waals surface area contributed by atoms with Gasteiger partial charge in [0.05, 0.1) is 17.1 Å². The number of hydrogen-bond acceptors (Lipinski definition) is 2. The second-order valence-electron chi connectivity index (χ2n) is 12.3. The summed E-state index contributed by atoms with van der Waals surface area (Å²) in [5.41, 5.74) is 8.71. The molecule has 43 heavy (non-hydrogen) atoms. The predicted octanol–water partition coefficient (Wildman–Crippen LogP) is 13.1. The van der Waals surface area contributed by atoms with Gasteiger partial charge in [-0.05, 0) is 85.0 Å². The SMILES string of the molecule is CCCCCCCCCCCCCCCCCCC(/C=N/c1cc(CC)cc(CC)c1)=N\c1cc(CC)cc(CC)c1.[Ni]. The molecule has 0 amide bonds. The van der Waals surface area contributed by atoms with E-state index in [4.69, 9.17) is 9.98 Å². The van der Waals surface area contributed by atoms with Crippen molar-refractivity contribution >= 4 is 23.3 Å². The van der Waals surface area contributed by atoms with Crippen LogP contribution in [0.5, 0.6) is 0 Å². The van der Waals surface area contributed by atoms with Crippen molar-refractivity contribution < 1.29 is 16.5 Å². The Bertz CT molecular complexity index is 994. The monoisotopic (exact) mass is 630 g/mol. The first-order chi connectivity index (χ1) is 20.6. The van der Waals surface area contributed by atoms with Crippen molar-refractivity contribution in [1.82, 2.24) is 0 Å². The van der Waals surface area contributed by atoms with Gasteiger partial charge in [-0.15, -0.1) is 0 Å². The summed E-state index contributed by atoms with van der Waals surface area (Å²) in [4.78, 5) is 10.1.